The van der Waals surface area contributed by atoms with Crippen LogP contribution in [0.15, 0.2) is 48.7 Å². The SMILES string of the molecule is CC(C)(O)c1ccc(N2CCc3cc(C(F)F)nc(-c4ccccc4OCC(F)(F)F)c3C2)cn1. The Morgan fingerprint density at radius 2 is 1.86 bits per heavy atom. The average Bonchev–Trinajstić information content (AvgIpc) is 2.81. The van der Waals surface area contributed by atoms with Crippen molar-refractivity contribution in [3.8, 4) is 17.0 Å². The molecule has 0 amide bonds. The predicted molar refractivity (Wildman–Crippen MR) is 120 cm³/mol. The molecule has 1 aliphatic heterocycles. The molecule has 0 fully saturated rings. The van der Waals surface area contributed by atoms with E-state index in [1.54, 1.807) is 32.2 Å². The molecule has 0 aliphatic carbocycles. The summed E-state index contributed by atoms with van der Waals surface area (Å²) in [4.78, 5) is 10.5. The summed E-state index contributed by atoms with van der Waals surface area (Å²) in [5, 5.41) is 10.1. The Labute approximate surface area is 199 Å². The number of aromatic nitrogens is 2. The Bertz CT molecular complexity index is 1190. The highest BCUT2D eigenvalue weighted by Crippen LogP contribution is 2.38. The Hall–Kier alpha value is -3.27. The summed E-state index contributed by atoms with van der Waals surface area (Å²) in [6, 6.07) is 10.9. The van der Waals surface area contributed by atoms with Crippen LogP contribution in [-0.4, -0.2) is 34.4 Å². The molecule has 1 aliphatic rings. The third kappa shape index (κ3) is 5.70. The van der Waals surface area contributed by atoms with Gasteiger partial charge in [0.1, 0.15) is 17.0 Å². The van der Waals surface area contributed by atoms with Gasteiger partial charge in [0.05, 0.1) is 23.3 Å². The summed E-state index contributed by atoms with van der Waals surface area (Å²) in [6.07, 6.45) is -5.33. The van der Waals surface area contributed by atoms with Crippen molar-refractivity contribution in [3.05, 3.63) is 71.2 Å². The molecule has 3 aromatic rings. The average molecular weight is 493 g/mol. The summed E-state index contributed by atoms with van der Waals surface area (Å²) in [5.74, 6) is -0.0840. The number of pyridine rings is 2. The minimum absolute atomic E-state index is 0.0840. The summed E-state index contributed by atoms with van der Waals surface area (Å²) < 4.78 is 70.6. The molecule has 10 heteroatoms. The van der Waals surface area contributed by atoms with Crippen molar-refractivity contribution in [2.45, 2.75) is 45.0 Å². The first kappa shape index (κ1) is 24.8. The first-order valence-electron chi connectivity index (χ1n) is 11.0. The molecule has 0 unspecified atom stereocenters. The van der Waals surface area contributed by atoms with Crippen molar-refractivity contribution < 1.29 is 31.8 Å². The Morgan fingerprint density at radius 3 is 2.49 bits per heavy atom. The number of anilines is 1. The molecule has 4 rings (SSSR count). The van der Waals surface area contributed by atoms with Gasteiger partial charge in [0.25, 0.3) is 6.43 Å². The fraction of sp³-hybridized carbons (Fsp3) is 0.360. The van der Waals surface area contributed by atoms with Gasteiger partial charge >= 0.3 is 6.18 Å². The van der Waals surface area contributed by atoms with Crippen LogP contribution in [-0.2, 0) is 18.6 Å². The molecule has 0 atom stereocenters. The van der Waals surface area contributed by atoms with E-state index in [-0.39, 0.29) is 17.0 Å². The lowest BCUT2D eigenvalue weighted by Gasteiger charge is -2.32. The monoisotopic (exact) mass is 493 g/mol. The van der Waals surface area contributed by atoms with Gasteiger partial charge in [-0.05, 0) is 56.2 Å². The maximum atomic E-state index is 13.6. The second-order valence-electron chi connectivity index (χ2n) is 8.87. The van der Waals surface area contributed by atoms with E-state index in [0.29, 0.717) is 36.3 Å². The summed E-state index contributed by atoms with van der Waals surface area (Å²) >= 11 is 0. The molecule has 0 saturated carbocycles. The molecule has 5 nitrogen and oxygen atoms in total. The van der Waals surface area contributed by atoms with E-state index in [0.717, 1.165) is 5.69 Å². The molecule has 1 aromatic carbocycles. The van der Waals surface area contributed by atoms with Crippen LogP contribution in [0.2, 0.25) is 0 Å². The highest BCUT2D eigenvalue weighted by atomic mass is 19.4. The molecule has 2 aromatic heterocycles. The number of fused-ring (bicyclic) bond motifs is 1. The van der Waals surface area contributed by atoms with Crippen molar-refractivity contribution >= 4 is 5.69 Å². The van der Waals surface area contributed by atoms with Crippen LogP contribution in [0, 0.1) is 0 Å². The molecule has 0 spiro atoms. The van der Waals surface area contributed by atoms with E-state index in [4.69, 9.17) is 4.74 Å². The number of rotatable bonds is 6. The van der Waals surface area contributed by atoms with Crippen molar-refractivity contribution in [2.75, 3.05) is 18.1 Å². The number of benzene rings is 1. The van der Waals surface area contributed by atoms with Gasteiger partial charge in [-0.25, -0.2) is 13.8 Å². The lowest BCUT2D eigenvalue weighted by molar-refractivity contribution is -0.153. The zero-order chi connectivity index (χ0) is 25.4. The molecule has 0 saturated heterocycles. The van der Waals surface area contributed by atoms with Gasteiger partial charge in [-0.3, -0.25) is 4.98 Å². The van der Waals surface area contributed by atoms with Gasteiger partial charge < -0.3 is 14.7 Å². The quantitative estimate of drug-likeness (QED) is 0.439. The molecule has 186 valence electrons. The van der Waals surface area contributed by atoms with Crippen LogP contribution in [0.4, 0.5) is 27.6 Å². The van der Waals surface area contributed by atoms with Gasteiger partial charge in [0, 0.05) is 24.2 Å². The number of halogens is 5. The minimum Gasteiger partial charge on any atom is -0.483 e. The normalized spacial score (nSPS) is 14.3. The van der Waals surface area contributed by atoms with E-state index in [2.05, 4.69) is 9.97 Å². The van der Waals surface area contributed by atoms with Crippen LogP contribution in [0.1, 0.15) is 42.8 Å². The fourth-order valence-electron chi connectivity index (χ4n) is 4.01. The van der Waals surface area contributed by atoms with Crippen molar-refractivity contribution in [2.24, 2.45) is 0 Å². The summed E-state index contributed by atoms with van der Waals surface area (Å²) in [7, 11) is 0. The highest BCUT2D eigenvalue weighted by Gasteiger charge is 2.30. The van der Waals surface area contributed by atoms with Crippen LogP contribution < -0.4 is 9.64 Å². The second kappa shape index (κ2) is 9.41. The number of ether oxygens (including phenoxy) is 1. The number of alkyl halides is 5. The maximum absolute atomic E-state index is 13.6. The Balaban J connectivity index is 1.74. The zero-order valence-corrected chi connectivity index (χ0v) is 19.1. The fourth-order valence-corrected chi connectivity index (χ4v) is 4.01. The largest absolute Gasteiger partial charge is 0.483 e. The Kier molecular flexibility index (Phi) is 6.68. The molecule has 0 bridgehead atoms. The van der Waals surface area contributed by atoms with Crippen molar-refractivity contribution in [1.29, 1.82) is 0 Å². The van der Waals surface area contributed by atoms with Crippen molar-refractivity contribution in [3.63, 3.8) is 0 Å². The molecule has 35 heavy (non-hydrogen) atoms. The van der Waals surface area contributed by atoms with Crippen LogP contribution in [0.25, 0.3) is 11.3 Å². The number of para-hydroxylation sites is 1. The smallest absolute Gasteiger partial charge is 0.422 e. The molecular weight excluding hydrogens is 469 g/mol. The van der Waals surface area contributed by atoms with E-state index in [9.17, 15) is 27.1 Å². The topological polar surface area (TPSA) is 58.5 Å². The first-order chi connectivity index (χ1) is 16.4. The zero-order valence-electron chi connectivity index (χ0n) is 19.1. The number of nitrogens with zero attached hydrogens (tertiary/aromatic N) is 3. The summed E-state index contributed by atoms with van der Waals surface area (Å²) in [6.45, 7) is 2.56. The Morgan fingerprint density at radius 1 is 1.11 bits per heavy atom. The van der Waals surface area contributed by atoms with E-state index < -0.39 is 30.5 Å². The number of hydrogen-bond donors (Lipinski definition) is 1. The van der Waals surface area contributed by atoms with E-state index in [1.165, 1.54) is 24.3 Å². The molecular formula is C25H24F5N3O2. The maximum Gasteiger partial charge on any atom is 0.422 e. The number of hydrogen-bond acceptors (Lipinski definition) is 5. The highest BCUT2D eigenvalue weighted by molar-refractivity contribution is 5.72. The van der Waals surface area contributed by atoms with Crippen LogP contribution in [0.3, 0.4) is 0 Å². The van der Waals surface area contributed by atoms with Gasteiger partial charge in [0.15, 0.2) is 6.61 Å². The first-order valence-corrected chi connectivity index (χ1v) is 11.0. The second-order valence-corrected chi connectivity index (χ2v) is 8.87. The summed E-state index contributed by atoms with van der Waals surface area (Å²) in [5.41, 5.74) is 1.40. The predicted octanol–water partition coefficient (Wildman–Crippen LogP) is 5.81. The third-order valence-electron chi connectivity index (χ3n) is 5.73. The lowest BCUT2D eigenvalue weighted by Crippen LogP contribution is -2.31. The van der Waals surface area contributed by atoms with E-state index >= 15 is 0 Å². The third-order valence-corrected chi connectivity index (χ3v) is 5.73. The van der Waals surface area contributed by atoms with Gasteiger partial charge in [-0.15, -0.1) is 0 Å². The molecule has 3 heterocycles. The van der Waals surface area contributed by atoms with Crippen LogP contribution in [0.5, 0.6) is 5.75 Å². The van der Waals surface area contributed by atoms with Crippen molar-refractivity contribution in [1.82, 2.24) is 9.97 Å². The van der Waals surface area contributed by atoms with Gasteiger partial charge in [-0.2, -0.15) is 13.2 Å². The minimum atomic E-state index is -4.55. The van der Waals surface area contributed by atoms with Gasteiger partial charge in [-0.1, -0.05) is 12.1 Å². The van der Waals surface area contributed by atoms with E-state index in [1.807, 2.05) is 11.0 Å². The lowest BCUT2D eigenvalue weighted by atomic mass is 9.93. The molecule has 0 radical (unpaired) electrons. The van der Waals surface area contributed by atoms with Gasteiger partial charge in [0.2, 0.25) is 0 Å². The van der Waals surface area contributed by atoms with Crippen LogP contribution >= 0.6 is 0 Å². The molecule has 1 N–H and O–H groups in total. The number of aliphatic hydroxyl groups is 1. The standard InChI is InChI=1S/C25H24F5N3O2/c1-24(2,34)21-8-7-16(12-31-21)33-10-9-15-11-19(23(26)27)32-22(18(15)13-33)17-5-3-4-6-20(17)35-14-25(28,29)30/h3-8,11-12,23,34H,9-10,13-14H2,1-2H3.